The number of rotatable bonds is 3. The summed E-state index contributed by atoms with van der Waals surface area (Å²) in [5, 5.41) is 0. The molecule has 3 heteroatoms. The first-order valence-electron chi connectivity index (χ1n) is 4.26. The van der Waals surface area contributed by atoms with E-state index in [0.29, 0.717) is 0 Å². The van der Waals surface area contributed by atoms with Crippen molar-refractivity contribution in [3.8, 4) is 0 Å². The largest absolute Gasteiger partial charge is 0.461 e. The first-order valence-corrected chi connectivity index (χ1v) is 4.26. The zero-order valence-corrected chi connectivity index (χ0v) is 8.16. The van der Waals surface area contributed by atoms with E-state index in [9.17, 15) is 9.59 Å². The van der Waals surface area contributed by atoms with Gasteiger partial charge in [0.05, 0.1) is 12.7 Å². The molecule has 0 N–H and O–H groups in total. The molecular weight excluding hydrogens is 168 g/mol. The number of hydrogen-bond acceptors (Lipinski definition) is 3. The van der Waals surface area contributed by atoms with E-state index in [1.807, 2.05) is 13.8 Å². The Kier molecular flexibility index (Phi) is 5.52. The lowest BCUT2D eigenvalue weighted by Crippen LogP contribution is -2.03. The van der Waals surface area contributed by atoms with Gasteiger partial charge >= 0.3 is 0 Å². The molecule has 0 atom stereocenters. The summed E-state index contributed by atoms with van der Waals surface area (Å²) in [4.78, 5) is 21.5. The second-order valence-corrected chi connectivity index (χ2v) is 2.28. The van der Waals surface area contributed by atoms with Gasteiger partial charge in [-0.3, -0.25) is 9.59 Å². The molecule has 0 saturated heterocycles. The predicted molar refractivity (Wildman–Crippen MR) is 49.7 cm³/mol. The summed E-state index contributed by atoms with van der Waals surface area (Å²) in [5.74, 6) is -0.158. The summed E-state index contributed by atoms with van der Waals surface area (Å²) in [6.07, 6.45) is 1.33. The van der Waals surface area contributed by atoms with Gasteiger partial charge in [-0.25, -0.2) is 0 Å². The van der Waals surface area contributed by atoms with Gasteiger partial charge in [0.15, 0.2) is 5.76 Å². The van der Waals surface area contributed by atoms with Gasteiger partial charge < -0.3 is 4.42 Å². The van der Waals surface area contributed by atoms with E-state index in [4.69, 9.17) is 4.42 Å². The third kappa shape index (κ3) is 4.25. The Morgan fingerprint density at radius 3 is 2.38 bits per heavy atom. The van der Waals surface area contributed by atoms with Gasteiger partial charge in [0.25, 0.3) is 0 Å². The molecule has 0 amide bonds. The van der Waals surface area contributed by atoms with Crippen LogP contribution in [-0.2, 0) is 4.79 Å². The van der Waals surface area contributed by atoms with Crippen molar-refractivity contribution in [3.63, 3.8) is 0 Å². The molecule has 0 aliphatic carbocycles. The first kappa shape index (κ1) is 11.6. The molecular formula is C10H14O3. The van der Waals surface area contributed by atoms with Crippen LogP contribution < -0.4 is 0 Å². The third-order valence-electron chi connectivity index (χ3n) is 1.21. The lowest BCUT2D eigenvalue weighted by atomic mass is 10.2. The highest BCUT2D eigenvalue weighted by Crippen LogP contribution is 2.03. The monoisotopic (exact) mass is 182 g/mol. The molecule has 0 spiro atoms. The van der Waals surface area contributed by atoms with Crippen molar-refractivity contribution in [2.24, 2.45) is 0 Å². The molecule has 0 unspecified atom stereocenters. The van der Waals surface area contributed by atoms with Crippen LogP contribution in [0.3, 0.4) is 0 Å². The fourth-order valence-electron chi connectivity index (χ4n) is 0.750. The van der Waals surface area contributed by atoms with Crippen molar-refractivity contribution in [1.82, 2.24) is 0 Å². The standard InChI is InChI=1S/C8H8O3.C2H6/c1-6(9)5-7(10)8-3-2-4-11-8;1-2/h2-4H,5H2,1H3;1-2H3. The predicted octanol–water partition coefficient (Wildman–Crippen LogP) is 2.47. The molecule has 0 aliphatic heterocycles. The average molecular weight is 182 g/mol. The van der Waals surface area contributed by atoms with E-state index in [1.54, 1.807) is 12.1 Å². The molecule has 13 heavy (non-hydrogen) atoms. The zero-order chi connectivity index (χ0) is 10.3. The van der Waals surface area contributed by atoms with Gasteiger partial charge in [-0.05, 0) is 19.1 Å². The average Bonchev–Trinajstić information content (AvgIpc) is 2.58. The van der Waals surface area contributed by atoms with Gasteiger partial charge in [-0.15, -0.1) is 0 Å². The van der Waals surface area contributed by atoms with Crippen molar-refractivity contribution in [2.75, 3.05) is 0 Å². The molecule has 1 aromatic rings. The molecule has 0 radical (unpaired) electrons. The first-order chi connectivity index (χ1) is 6.20. The highest BCUT2D eigenvalue weighted by Gasteiger charge is 2.09. The smallest absolute Gasteiger partial charge is 0.205 e. The van der Waals surface area contributed by atoms with Crippen molar-refractivity contribution >= 4 is 11.6 Å². The summed E-state index contributed by atoms with van der Waals surface area (Å²) in [6.45, 7) is 5.38. The molecule has 0 fully saturated rings. The quantitative estimate of drug-likeness (QED) is 0.533. The van der Waals surface area contributed by atoms with Crippen molar-refractivity contribution in [1.29, 1.82) is 0 Å². The van der Waals surface area contributed by atoms with Gasteiger partial charge in [-0.1, -0.05) is 13.8 Å². The molecule has 0 aliphatic rings. The van der Waals surface area contributed by atoms with Crippen LogP contribution in [0.5, 0.6) is 0 Å². The summed E-state index contributed by atoms with van der Waals surface area (Å²) < 4.78 is 4.79. The highest BCUT2D eigenvalue weighted by molar-refractivity contribution is 6.05. The van der Waals surface area contributed by atoms with Gasteiger partial charge in [0.1, 0.15) is 5.78 Å². The minimum Gasteiger partial charge on any atom is -0.461 e. The van der Waals surface area contributed by atoms with E-state index >= 15 is 0 Å². The minimum absolute atomic E-state index is 0.0759. The van der Waals surface area contributed by atoms with E-state index in [1.165, 1.54) is 13.2 Å². The lowest BCUT2D eigenvalue weighted by Gasteiger charge is -1.90. The minimum atomic E-state index is -0.262. The number of furan rings is 1. The Balaban J connectivity index is 0.000000671. The zero-order valence-electron chi connectivity index (χ0n) is 8.16. The van der Waals surface area contributed by atoms with Crippen LogP contribution in [0.2, 0.25) is 0 Å². The maximum Gasteiger partial charge on any atom is 0.205 e. The molecule has 0 bridgehead atoms. The second-order valence-electron chi connectivity index (χ2n) is 2.28. The SMILES string of the molecule is CC.CC(=O)CC(=O)c1ccco1. The van der Waals surface area contributed by atoms with Crippen molar-refractivity contribution in [3.05, 3.63) is 24.2 Å². The van der Waals surface area contributed by atoms with Crippen LogP contribution in [0.15, 0.2) is 22.8 Å². The van der Waals surface area contributed by atoms with E-state index in [0.717, 1.165) is 0 Å². The number of carbonyl (C=O) groups is 2. The van der Waals surface area contributed by atoms with E-state index in [-0.39, 0.29) is 23.7 Å². The number of ketones is 2. The summed E-state index contributed by atoms with van der Waals surface area (Å²) in [6, 6.07) is 3.17. The third-order valence-corrected chi connectivity index (χ3v) is 1.21. The molecule has 3 nitrogen and oxygen atoms in total. The van der Waals surface area contributed by atoms with E-state index in [2.05, 4.69) is 0 Å². The highest BCUT2D eigenvalue weighted by atomic mass is 16.3. The molecule has 0 saturated carbocycles. The molecule has 1 aromatic heterocycles. The van der Waals surface area contributed by atoms with Gasteiger partial charge in [-0.2, -0.15) is 0 Å². The fourth-order valence-corrected chi connectivity index (χ4v) is 0.750. The molecule has 0 aromatic carbocycles. The normalized spacial score (nSPS) is 8.54. The molecule has 1 heterocycles. The summed E-state index contributed by atoms with van der Waals surface area (Å²) in [7, 11) is 0. The fraction of sp³-hybridized carbons (Fsp3) is 0.400. The Morgan fingerprint density at radius 2 is 2.00 bits per heavy atom. The van der Waals surface area contributed by atoms with Crippen LogP contribution in [-0.4, -0.2) is 11.6 Å². The second kappa shape index (κ2) is 6.17. The number of carbonyl (C=O) groups excluding carboxylic acids is 2. The Hall–Kier alpha value is -1.38. The van der Waals surface area contributed by atoms with E-state index < -0.39 is 0 Å². The maximum atomic E-state index is 11.0. The number of Topliss-reactive ketones (excluding diaryl/α,β-unsaturated/α-hetero) is 2. The summed E-state index contributed by atoms with van der Waals surface area (Å²) in [5.41, 5.74) is 0. The Bertz CT molecular complexity index is 260. The van der Waals surface area contributed by atoms with Crippen LogP contribution >= 0.6 is 0 Å². The maximum absolute atomic E-state index is 11.0. The van der Waals surface area contributed by atoms with Crippen LogP contribution in [0.25, 0.3) is 0 Å². The Morgan fingerprint density at radius 1 is 1.38 bits per heavy atom. The van der Waals surface area contributed by atoms with Crippen LogP contribution in [0.4, 0.5) is 0 Å². The lowest BCUT2D eigenvalue weighted by molar-refractivity contribution is -0.116. The van der Waals surface area contributed by atoms with Crippen molar-refractivity contribution in [2.45, 2.75) is 27.2 Å². The Labute approximate surface area is 77.7 Å². The molecule has 1 rings (SSSR count). The molecule has 72 valence electrons. The van der Waals surface area contributed by atoms with Gasteiger partial charge in [0, 0.05) is 0 Å². The van der Waals surface area contributed by atoms with Crippen LogP contribution in [0, 0.1) is 0 Å². The van der Waals surface area contributed by atoms with Crippen molar-refractivity contribution < 1.29 is 14.0 Å². The van der Waals surface area contributed by atoms with Crippen LogP contribution in [0.1, 0.15) is 37.7 Å². The number of hydrogen-bond donors (Lipinski definition) is 0. The van der Waals surface area contributed by atoms with Gasteiger partial charge in [0.2, 0.25) is 5.78 Å². The topological polar surface area (TPSA) is 47.3 Å². The summed E-state index contributed by atoms with van der Waals surface area (Å²) >= 11 is 0.